The van der Waals surface area contributed by atoms with E-state index in [9.17, 15) is 0 Å². The normalized spacial score (nSPS) is 14.0. The van der Waals surface area contributed by atoms with E-state index in [1.165, 1.54) is 30.4 Å². The fourth-order valence-electron chi connectivity index (χ4n) is 2.79. The van der Waals surface area contributed by atoms with Crippen LogP contribution in [0.1, 0.15) is 59.4 Å². The summed E-state index contributed by atoms with van der Waals surface area (Å²) in [4.78, 5) is 0. The van der Waals surface area contributed by atoms with Crippen LogP contribution in [0.25, 0.3) is 0 Å². The summed E-state index contributed by atoms with van der Waals surface area (Å²) >= 11 is 0. The van der Waals surface area contributed by atoms with Crippen LogP contribution in [-0.4, -0.2) is 6.10 Å². The molecule has 1 aromatic rings. The SMILES string of the molecule is CCCCC(C=C(C)C)C(OCc1ccccc1)C(C)C. The number of rotatable bonds is 9. The Hall–Kier alpha value is -1.08. The number of allylic oxidation sites excluding steroid dienone is 1. The maximum absolute atomic E-state index is 6.31. The van der Waals surface area contributed by atoms with Gasteiger partial charge in [0.05, 0.1) is 12.7 Å². The minimum absolute atomic E-state index is 0.298. The monoisotopic (exact) mass is 288 g/mol. The molecule has 0 amide bonds. The van der Waals surface area contributed by atoms with E-state index in [2.05, 4.69) is 71.0 Å². The van der Waals surface area contributed by atoms with Crippen molar-refractivity contribution in [3.05, 3.63) is 47.5 Å². The minimum atomic E-state index is 0.298. The van der Waals surface area contributed by atoms with Crippen molar-refractivity contribution in [2.45, 2.75) is 66.6 Å². The number of hydrogen-bond acceptors (Lipinski definition) is 1. The highest BCUT2D eigenvalue weighted by atomic mass is 16.5. The van der Waals surface area contributed by atoms with Gasteiger partial charge in [0.25, 0.3) is 0 Å². The topological polar surface area (TPSA) is 9.23 Å². The zero-order valence-electron chi connectivity index (χ0n) is 14.4. The van der Waals surface area contributed by atoms with Crippen LogP contribution in [0.3, 0.4) is 0 Å². The molecule has 0 saturated carbocycles. The summed E-state index contributed by atoms with van der Waals surface area (Å²) in [5.41, 5.74) is 2.65. The van der Waals surface area contributed by atoms with Crippen molar-refractivity contribution >= 4 is 0 Å². The highest BCUT2D eigenvalue weighted by molar-refractivity contribution is 5.13. The molecule has 1 aromatic carbocycles. The molecule has 2 unspecified atom stereocenters. The van der Waals surface area contributed by atoms with Gasteiger partial charge in [0, 0.05) is 5.92 Å². The molecule has 0 aliphatic heterocycles. The van der Waals surface area contributed by atoms with Gasteiger partial charge in [-0.1, -0.05) is 75.6 Å². The van der Waals surface area contributed by atoms with Crippen LogP contribution in [0.2, 0.25) is 0 Å². The number of benzene rings is 1. The molecule has 0 bridgehead atoms. The summed E-state index contributed by atoms with van der Waals surface area (Å²) in [6.07, 6.45) is 6.44. The summed E-state index contributed by atoms with van der Waals surface area (Å²) in [5, 5.41) is 0. The van der Waals surface area contributed by atoms with E-state index < -0.39 is 0 Å². The molecule has 0 saturated heterocycles. The average Bonchev–Trinajstić information content (AvgIpc) is 2.45. The van der Waals surface area contributed by atoms with Gasteiger partial charge in [0.1, 0.15) is 0 Å². The van der Waals surface area contributed by atoms with E-state index in [1.807, 2.05) is 0 Å². The lowest BCUT2D eigenvalue weighted by Crippen LogP contribution is -2.28. The quantitative estimate of drug-likeness (QED) is 0.506. The van der Waals surface area contributed by atoms with E-state index in [0.717, 1.165) is 0 Å². The molecule has 0 aliphatic carbocycles. The number of ether oxygens (including phenoxy) is 1. The molecule has 0 aromatic heterocycles. The summed E-state index contributed by atoms with van der Waals surface area (Å²) in [7, 11) is 0. The lowest BCUT2D eigenvalue weighted by molar-refractivity contribution is -0.0184. The van der Waals surface area contributed by atoms with Gasteiger partial charge >= 0.3 is 0 Å². The van der Waals surface area contributed by atoms with Gasteiger partial charge in [-0.15, -0.1) is 0 Å². The molecule has 1 nitrogen and oxygen atoms in total. The van der Waals surface area contributed by atoms with E-state index in [-0.39, 0.29) is 0 Å². The molecule has 0 aliphatic rings. The maximum Gasteiger partial charge on any atom is 0.0721 e. The molecular formula is C20H32O. The number of unbranched alkanes of at least 4 members (excludes halogenated alkanes) is 1. The summed E-state index contributed by atoms with van der Waals surface area (Å²) in [5.74, 6) is 1.06. The van der Waals surface area contributed by atoms with Crippen molar-refractivity contribution in [2.24, 2.45) is 11.8 Å². The second-order valence-corrected chi connectivity index (χ2v) is 6.56. The standard InChI is InChI=1S/C20H32O/c1-6-7-13-19(14-16(2)3)20(17(4)5)21-15-18-11-9-8-10-12-18/h8-12,14,17,19-20H,6-7,13,15H2,1-5H3. The third-order valence-electron chi connectivity index (χ3n) is 3.80. The third-order valence-corrected chi connectivity index (χ3v) is 3.80. The van der Waals surface area contributed by atoms with Crippen molar-refractivity contribution in [2.75, 3.05) is 0 Å². The molecule has 21 heavy (non-hydrogen) atoms. The van der Waals surface area contributed by atoms with Crippen molar-refractivity contribution in [3.63, 3.8) is 0 Å². The Labute approximate surface area is 131 Å². The second-order valence-electron chi connectivity index (χ2n) is 6.56. The number of hydrogen-bond donors (Lipinski definition) is 0. The Morgan fingerprint density at radius 3 is 2.33 bits per heavy atom. The molecule has 118 valence electrons. The lowest BCUT2D eigenvalue weighted by Gasteiger charge is -2.29. The van der Waals surface area contributed by atoms with Crippen molar-refractivity contribution in [1.82, 2.24) is 0 Å². The molecule has 0 heterocycles. The molecule has 1 rings (SSSR count). The fraction of sp³-hybridized carbons (Fsp3) is 0.600. The molecular weight excluding hydrogens is 256 g/mol. The van der Waals surface area contributed by atoms with Crippen LogP contribution in [0.4, 0.5) is 0 Å². The van der Waals surface area contributed by atoms with E-state index in [0.29, 0.717) is 24.5 Å². The maximum atomic E-state index is 6.31. The van der Waals surface area contributed by atoms with Crippen LogP contribution < -0.4 is 0 Å². The first kappa shape index (κ1) is 18.0. The minimum Gasteiger partial charge on any atom is -0.373 e. The third kappa shape index (κ3) is 6.95. The molecule has 1 heteroatoms. The van der Waals surface area contributed by atoms with Crippen molar-refractivity contribution < 1.29 is 4.74 Å². The highest BCUT2D eigenvalue weighted by Crippen LogP contribution is 2.25. The smallest absolute Gasteiger partial charge is 0.0721 e. The van der Waals surface area contributed by atoms with E-state index >= 15 is 0 Å². The predicted octanol–water partition coefficient (Wildman–Crippen LogP) is 6.00. The van der Waals surface area contributed by atoms with Gasteiger partial charge in [-0.3, -0.25) is 0 Å². The fourth-order valence-corrected chi connectivity index (χ4v) is 2.79. The first-order valence-corrected chi connectivity index (χ1v) is 8.35. The van der Waals surface area contributed by atoms with Gasteiger partial charge in [-0.25, -0.2) is 0 Å². The second kappa shape index (κ2) is 9.78. The summed E-state index contributed by atoms with van der Waals surface area (Å²) in [6.45, 7) is 11.9. The summed E-state index contributed by atoms with van der Waals surface area (Å²) < 4.78 is 6.31. The largest absolute Gasteiger partial charge is 0.373 e. The molecule has 0 N–H and O–H groups in total. The van der Waals surface area contributed by atoms with Gasteiger partial charge in [-0.05, 0) is 31.7 Å². The van der Waals surface area contributed by atoms with Gasteiger partial charge in [0.2, 0.25) is 0 Å². The molecule has 0 fully saturated rings. The lowest BCUT2D eigenvalue weighted by atomic mass is 9.87. The highest BCUT2D eigenvalue weighted by Gasteiger charge is 2.23. The van der Waals surface area contributed by atoms with Gasteiger partial charge in [-0.2, -0.15) is 0 Å². The van der Waals surface area contributed by atoms with Crippen LogP contribution >= 0.6 is 0 Å². The van der Waals surface area contributed by atoms with Crippen LogP contribution in [0, 0.1) is 11.8 Å². The zero-order valence-corrected chi connectivity index (χ0v) is 14.4. The average molecular weight is 288 g/mol. The predicted molar refractivity (Wildman–Crippen MR) is 92.3 cm³/mol. The Morgan fingerprint density at radius 2 is 1.81 bits per heavy atom. The molecule has 0 spiro atoms. The van der Waals surface area contributed by atoms with Gasteiger partial charge < -0.3 is 4.74 Å². The Kier molecular flexibility index (Phi) is 8.37. The summed E-state index contributed by atoms with van der Waals surface area (Å²) in [6, 6.07) is 10.5. The first-order chi connectivity index (χ1) is 10.0. The van der Waals surface area contributed by atoms with Crippen LogP contribution in [0.15, 0.2) is 42.0 Å². The molecule has 2 atom stereocenters. The zero-order chi connectivity index (χ0) is 15.7. The Bertz CT molecular complexity index is 401. The van der Waals surface area contributed by atoms with E-state index in [1.54, 1.807) is 0 Å². The van der Waals surface area contributed by atoms with Gasteiger partial charge in [0.15, 0.2) is 0 Å². The van der Waals surface area contributed by atoms with Crippen LogP contribution in [0.5, 0.6) is 0 Å². The van der Waals surface area contributed by atoms with E-state index in [4.69, 9.17) is 4.74 Å². The van der Waals surface area contributed by atoms with Crippen LogP contribution in [-0.2, 0) is 11.3 Å². The Morgan fingerprint density at radius 1 is 1.14 bits per heavy atom. The first-order valence-electron chi connectivity index (χ1n) is 8.35. The van der Waals surface area contributed by atoms with Crippen molar-refractivity contribution in [1.29, 1.82) is 0 Å². The van der Waals surface area contributed by atoms with Crippen molar-refractivity contribution in [3.8, 4) is 0 Å². The molecule has 0 radical (unpaired) electrons. The Balaban J connectivity index is 2.73.